The van der Waals surface area contributed by atoms with Crippen LogP contribution in [0.4, 0.5) is 4.39 Å². The molecule has 0 radical (unpaired) electrons. The van der Waals surface area contributed by atoms with Crippen LogP contribution in [0, 0.1) is 12.7 Å². The second-order valence-corrected chi connectivity index (χ2v) is 8.16. The van der Waals surface area contributed by atoms with Crippen LogP contribution < -0.4 is 0 Å². The summed E-state index contributed by atoms with van der Waals surface area (Å²) in [5.74, 6) is -0.438. The normalized spacial score (nSPS) is 19.9. The third-order valence-electron chi connectivity index (χ3n) is 6.34. The molecule has 3 heterocycles. The van der Waals surface area contributed by atoms with Crippen molar-refractivity contribution in [3.05, 3.63) is 77.4 Å². The molecule has 0 N–H and O–H groups in total. The molecular formula is C24H24FN3O. The summed E-state index contributed by atoms with van der Waals surface area (Å²) in [4.78, 5) is 19.9. The third-order valence-corrected chi connectivity index (χ3v) is 6.34. The number of likely N-dealkylation sites (tertiary alicyclic amines) is 1. The summed E-state index contributed by atoms with van der Waals surface area (Å²) in [6.45, 7) is 2.92. The Morgan fingerprint density at radius 2 is 2.03 bits per heavy atom. The zero-order chi connectivity index (χ0) is 20.0. The first kappa shape index (κ1) is 18.1. The molecule has 0 saturated carbocycles. The molecule has 1 saturated heterocycles. The summed E-state index contributed by atoms with van der Waals surface area (Å²) >= 11 is 0. The van der Waals surface area contributed by atoms with Gasteiger partial charge in [0.05, 0.1) is 11.4 Å². The number of hydrogen-bond acceptors (Lipinski definition) is 2. The van der Waals surface area contributed by atoms with Crippen LogP contribution in [0.1, 0.15) is 47.3 Å². The van der Waals surface area contributed by atoms with Gasteiger partial charge >= 0.3 is 0 Å². The van der Waals surface area contributed by atoms with Crippen molar-refractivity contribution < 1.29 is 9.18 Å². The van der Waals surface area contributed by atoms with Gasteiger partial charge in [-0.25, -0.2) is 4.39 Å². The van der Waals surface area contributed by atoms with Crippen LogP contribution in [-0.4, -0.2) is 34.2 Å². The van der Waals surface area contributed by atoms with Gasteiger partial charge in [-0.3, -0.25) is 9.79 Å². The van der Waals surface area contributed by atoms with E-state index in [-0.39, 0.29) is 17.3 Å². The van der Waals surface area contributed by atoms with Crippen molar-refractivity contribution in [2.24, 2.45) is 4.99 Å². The number of carbonyl (C=O) groups is 1. The van der Waals surface area contributed by atoms with Gasteiger partial charge in [-0.05, 0) is 74.6 Å². The van der Waals surface area contributed by atoms with E-state index in [9.17, 15) is 9.18 Å². The number of nitrogens with zero attached hydrogens (tertiary/aromatic N) is 3. The van der Waals surface area contributed by atoms with Gasteiger partial charge in [0.25, 0.3) is 5.91 Å². The zero-order valence-corrected chi connectivity index (χ0v) is 16.6. The highest BCUT2D eigenvalue weighted by atomic mass is 19.1. The molecule has 1 aliphatic carbocycles. The molecule has 1 amide bonds. The van der Waals surface area contributed by atoms with Crippen molar-refractivity contribution in [1.29, 1.82) is 0 Å². The molecule has 148 valence electrons. The molecule has 1 aromatic carbocycles. The number of rotatable bonds is 1. The van der Waals surface area contributed by atoms with Crippen LogP contribution >= 0.6 is 0 Å². The fourth-order valence-corrected chi connectivity index (χ4v) is 4.66. The Morgan fingerprint density at radius 1 is 1.21 bits per heavy atom. The number of hydrogen-bond donors (Lipinski definition) is 0. The SMILES string of the molecule is Cc1ccc(C(=O)N2CCC3(CC2)N=C2C=CCCC(=C2)n2cccc23)cc1F. The molecule has 2 aliphatic heterocycles. The molecule has 0 unspecified atom stereocenters. The number of piperidine rings is 1. The molecule has 4 nitrogen and oxygen atoms in total. The number of halogens is 1. The lowest BCUT2D eigenvalue weighted by molar-refractivity contribution is 0.0667. The fourth-order valence-electron chi connectivity index (χ4n) is 4.66. The maximum atomic E-state index is 13.9. The fraction of sp³-hybridized carbons (Fsp3) is 0.333. The minimum Gasteiger partial charge on any atom is -0.338 e. The topological polar surface area (TPSA) is 37.6 Å². The van der Waals surface area contributed by atoms with Gasteiger partial charge < -0.3 is 9.47 Å². The van der Waals surface area contributed by atoms with Crippen molar-refractivity contribution >= 4 is 17.3 Å². The maximum Gasteiger partial charge on any atom is 0.253 e. The van der Waals surface area contributed by atoms with Crippen molar-refractivity contribution in [3.63, 3.8) is 0 Å². The molecule has 29 heavy (non-hydrogen) atoms. The lowest BCUT2D eigenvalue weighted by Crippen LogP contribution is -2.45. The van der Waals surface area contributed by atoms with E-state index in [1.165, 1.54) is 17.5 Å². The van der Waals surface area contributed by atoms with Gasteiger partial charge in [0, 0.05) is 30.5 Å². The molecule has 1 aromatic heterocycles. The van der Waals surface area contributed by atoms with Crippen LogP contribution in [-0.2, 0) is 5.54 Å². The first-order chi connectivity index (χ1) is 14.1. The lowest BCUT2D eigenvalue weighted by atomic mass is 9.84. The number of benzene rings is 1. The minimum atomic E-state index is -0.333. The Bertz CT molecular complexity index is 1070. The highest BCUT2D eigenvalue weighted by Crippen LogP contribution is 2.41. The number of amides is 1. The van der Waals surface area contributed by atoms with Crippen molar-refractivity contribution in [3.8, 4) is 0 Å². The van der Waals surface area contributed by atoms with Crippen LogP contribution in [0.2, 0.25) is 0 Å². The van der Waals surface area contributed by atoms with E-state index >= 15 is 0 Å². The van der Waals surface area contributed by atoms with E-state index in [0.717, 1.165) is 31.4 Å². The number of aromatic nitrogens is 1. The summed E-state index contributed by atoms with van der Waals surface area (Å²) in [6.07, 6.45) is 12.2. The maximum absolute atomic E-state index is 13.9. The van der Waals surface area contributed by atoms with E-state index in [2.05, 4.69) is 41.1 Å². The summed E-state index contributed by atoms with van der Waals surface area (Å²) in [6, 6.07) is 8.98. The third kappa shape index (κ3) is 3.05. The molecule has 2 aromatic rings. The second-order valence-electron chi connectivity index (χ2n) is 8.16. The lowest BCUT2D eigenvalue weighted by Gasteiger charge is -2.39. The zero-order valence-electron chi connectivity index (χ0n) is 16.6. The van der Waals surface area contributed by atoms with E-state index in [0.29, 0.717) is 24.2 Å². The van der Waals surface area contributed by atoms with Crippen molar-refractivity contribution in [2.75, 3.05) is 13.1 Å². The largest absolute Gasteiger partial charge is 0.338 e. The monoisotopic (exact) mass is 389 g/mol. The Kier molecular flexibility index (Phi) is 4.26. The van der Waals surface area contributed by atoms with Gasteiger partial charge in [-0.1, -0.05) is 12.1 Å². The minimum absolute atomic E-state index is 0.105. The van der Waals surface area contributed by atoms with Gasteiger partial charge in [-0.15, -0.1) is 0 Å². The molecule has 5 rings (SSSR count). The highest BCUT2D eigenvalue weighted by Gasteiger charge is 2.41. The van der Waals surface area contributed by atoms with Gasteiger partial charge in [0.15, 0.2) is 0 Å². The first-order valence-corrected chi connectivity index (χ1v) is 10.3. The molecule has 3 aliphatic rings. The van der Waals surface area contributed by atoms with Crippen LogP contribution in [0.3, 0.4) is 0 Å². The van der Waals surface area contributed by atoms with Crippen LogP contribution in [0.25, 0.3) is 5.70 Å². The average molecular weight is 389 g/mol. The Labute approximate surface area is 170 Å². The second kappa shape index (κ2) is 6.83. The highest BCUT2D eigenvalue weighted by molar-refractivity contribution is 6.08. The van der Waals surface area contributed by atoms with E-state index in [1.807, 2.05) is 4.90 Å². The number of carbonyl (C=O) groups excluding carboxylic acids is 1. The number of aryl methyl sites for hydroxylation is 1. The average Bonchev–Trinajstić information content (AvgIpc) is 3.07. The molecule has 1 spiro atoms. The van der Waals surface area contributed by atoms with E-state index in [1.54, 1.807) is 19.1 Å². The number of aliphatic imine (C=N–C) groups is 1. The molecule has 1 fully saturated rings. The first-order valence-electron chi connectivity index (χ1n) is 10.3. The summed E-state index contributed by atoms with van der Waals surface area (Å²) in [7, 11) is 0. The summed E-state index contributed by atoms with van der Waals surface area (Å²) in [5, 5.41) is 0. The van der Waals surface area contributed by atoms with E-state index < -0.39 is 0 Å². The number of fused-ring (bicyclic) bond motifs is 4. The van der Waals surface area contributed by atoms with Crippen molar-refractivity contribution in [1.82, 2.24) is 9.47 Å². The van der Waals surface area contributed by atoms with Gasteiger partial charge in [0.2, 0.25) is 0 Å². The molecular weight excluding hydrogens is 365 g/mol. The van der Waals surface area contributed by atoms with Crippen LogP contribution in [0.15, 0.2) is 59.7 Å². The number of allylic oxidation sites excluding steroid dienone is 4. The molecule has 2 bridgehead atoms. The Hall–Kier alpha value is -2.95. The van der Waals surface area contributed by atoms with Crippen LogP contribution in [0.5, 0.6) is 0 Å². The summed E-state index contributed by atoms with van der Waals surface area (Å²) < 4.78 is 16.2. The molecule has 0 atom stereocenters. The smallest absolute Gasteiger partial charge is 0.253 e. The van der Waals surface area contributed by atoms with Gasteiger partial charge in [0.1, 0.15) is 11.4 Å². The quantitative estimate of drug-likeness (QED) is 0.696. The van der Waals surface area contributed by atoms with E-state index in [4.69, 9.17) is 4.99 Å². The van der Waals surface area contributed by atoms with Crippen molar-refractivity contribution in [2.45, 2.75) is 38.1 Å². The predicted octanol–water partition coefficient (Wildman–Crippen LogP) is 4.71. The Morgan fingerprint density at radius 3 is 2.83 bits per heavy atom. The Balaban J connectivity index is 1.43. The predicted molar refractivity (Wildman–Crippen MR) is 112 cm³/mol. The van der Waals surface area contributed by atoms with Gasteiger partial charge in [-0.2, -0.15) is 0 Å². The standard InChI is InChI=1S/C24H24FN3O/c1-17-8-9-18(15-21(17)25)23(29)27-13-10-24(11-14-27)22-7-4-12-28(22)20-6-3-2-5-19(16-20)26-24/h2,4-5,7-9,12,15-16H,3,6,10-11,13-14H2,1H3. The molecule has 5 heteroatoms. The summed E-state index contributed by atoms with van der Waals surface area (Å²) in [5.41, 5.74) is 4.15.